The summed E-state index contributed by atoms with van der Waals surface area (Å²) in [6, 6.07) is 2.72. The maximum absolute atomic E-state index is 11.6. The van der Waals surface area contributed by atoms with Gasteiger partial charge in [-0.25, -0.2) is 4.79 Å². The van der Waals surface area contributed by atoms with Crippen molar-refractivity contribution in [3.8, 4) is 5.75 Å². The van der Waals surface area contributed by atoms with E-state index < -0.39 is 18.0 Å². The van der Waals surface area contributed by atoms with Crippen LogP contribution in [0.1, 0.15) is 18.3 Å². The van der Waals surface area contributed by atoms with Gasteiger partial charge in [0.2, 0.25) is 0 Å². The Balaban J connectivity index is 2.73. The van der Waals surface area contributed by atoms with Crippen LogP contribution in [-0.2, 0) is 11.4 Å². The molecular weight excluding hydrogens is 250 g/mol. The van der Waals surface area contributed by atoms with E-state index in [0.717, 1.165) is 5.69 Å². The fourth-order valence-corrected chi connectivity index (χ4v) is 1.34. The maximum Gasteiger partial charge on any atom is 0.321 e. The number of carbonyl (C=O) groups excluding carboxylic acids is 2. The van der Waals surface area contributed by atoms with Crippen LogP contribution in [0.3, 0.4) is 0 Å². The minimum Gasteiger partial charge on any atom is -0.479 e. The van der Waals surface area contributed by atoms with Gasteiger partial charge in [0.1, 0.15) is 11.4 Å². The first kappa shape index (κ1) is 14.9. The van der Waals surface area contributed by atoms with Crippen LogP contribution in [0.15, 0.2) is 12.1 Å². The van der Waals surface area contributed by atoms with Crippen molar-refractivity contribution in [1.29, 1.82) is 0 Å². The highest BCUT2D eigenvalue weighted by atomic mass is 16.5. The molecule has 1 heterocycles. The largest absolute Gasteiger partial charge is 0.479 e. The summed E-state index contributed by atoms with van der Waals surface area (Å²) in [5, 5.41) is 13.5. The highest BCUT2D eigenvalue weighted by molar-refractivity contribution is 5.96. The predicted molar refractivity (Wildman–Crippen MR) is 67.6 cm³/mol. The van der Waals surface area contributed by atoms with Gasteiger partial charge in [-0.15, -0.1) is 0 Å². The molecule has 1 aromatic rings. The molecular formula is C12H17N3O4. The zero-order valence-electron chi connectivity index (χ0n) is 11.1. The first-order valence-electron chi connectivity index (χ1n) is 5.74. The monoisotopic (exact) mass is 267 g/mol. The molecule has 3 N–H and O–H groups in total. The number of urea groups is 1. The van der Waals surface area contributed by atoms with Gasteiger partial charge in [0.15, 0.2) is 6.10 Å². The SMILES string of the molecule is CNC(=O)NC(=O)C(C)Oc1ccc(C)nc1CO. The Morgan fingerprint density at radius 1 is 1.47 bits per heavy atom. The lowest BCUT2D eigenvalue weighted by molar-refractivity contribution is -0.126. The van der Waals surface area contributed by atoms with Crippen LogP contribution in [-0.4, -0.2) is 35.2 Å². The van der Waals surface area contributed by atoms with Gasteiger partial charge in [0.25, 0.3) is 5.91 Å². The lowest BCUT2D eigenvalue weighted by Crippen LogP contribution is -2.44. The molecule has 1 aromatic heterocycles. The third-order valence-corrected chi connectivity index (χ3v) is 2.36. The number of aliphatic hydroxyl groups is 1. The maximum atomic E-state index is 11.6. The average Bonchev–Trinajstić information content (AvgIpc) is 2.40. The standard InChI is InChI=1S/C12H17N3O4/c1-7-4-5-10(9(6-16)14-7)19-8(2)11(17)15-12(18)13-3/h4-5,8,16H,6H2,1-3H3,(H2,13,15,17,18). The van der Waals surface area contributed by atoms with E-state index in [1.165, 1.54) is 14.0 Å². The fraction of sp³-hybridized carbons (Fsp3) is 0.417. The Morgan fingerprint density at radius 3 is 2.74 bits per heavy atom. The number of carbonyl (C=O) groups is 2. The van der Waals surface area contributed by atoms with E-state index in [0.29, 0.717) is 11.4 Å². The number of ether oxygens (including phenoxy) is 1. The van der Waals surface area contributed by atoms with Crippen molar-refractivity contribution in [3.63, 3.8) is 0 Å². The summed E-state index contributed by atoms with van der Waals surface area (Å²) in [5.74, 6) is -0.267. The summed E-state index contributed by atoms with van der Waals surface area (Å²) in [6.07, 6.45) is -0.882. The number of hydrogen-bond acceptors (Lipinski definition) is 5. The van der Waals surface area contributed by atoms with Crippen molar-refractivity contribution in [3.05, 3.63) is 23.5 Å². The molecule has 7 heteroatoms. The van der Waals surface area contributed by atoms with E-state index in [4.69, 9.17) is 4.74 Å². The second-order valence-corrected chi connectivity index (χ2v) is 3.88. The third kappa shape index (κ3) is 4.22. The summed E-state index contributed by atoms with van der Waals surface area (Å²) in [7, 11) is 1.40. The van der Waals surface area contributed by atoms with Crippen molar-refractivity contribution in [2.45, 2.75) is 26.6 Å². The van der Waals surface area contributed by atoms with E-state index in [1.807, 2.05) is 0 Å². The van der Waals surface area contributed by atoms with Crippen LogP contribution < -0.4 is 15.4 Å². The molecule has 0 radical (unpaired) electrons. The minimum absolute atomic E-state index is 0.291. The number of aliphatic hydroxyl groups excluding tert-OH is 1. The number of rotatable bonds is 4. The second-order valence-electron chi connectivity index (χ2n) is 3.88. The third-order valence-electron chi connectivity index (χ3n) is 2.36. The number of hydrogen-bond donors (Lipinski definition) is 3. The minimum atomic E-state index is -0.882. The Labute approximate surface area is 111 Å². The molecule has 0 saturated heterocycles. The summed E-state index contributed by atoms with van der Waals surface area (Å²) < 4.78 is 5.38. The Bertz CT molecular complexity index is 476. The van der Waals surface area contributed by atoms with Crippen molar-refractivity contribution in [2.24, 2.45) is 0 Å². The molecule has 0 aliphatic rings. The zero-order chi connectivity index (χ0) is 14.4. The van der Waals surface area contributed by atoms with Crippen LogP contribution in [0.25, 0.3) is 0 Å². The fourth-order valence-electron chi connectivity index (χ4n) is 1.34. The molecule has 7 nitrogen and oxygen atoms in total. The summed E-state index contributed by atoms with van der Waals surface area (Å²) in [6.45, 7) is 2.99. The molecule has 1 rings (SSSR count). The van der Waals surface area contributed by atoms with Crippen molar-refractivity contribution >= 4 is 11.9 Å². The van der Waals surface area contributed by atoms with Crippen molar-refractivity contribution < 1.29 is 19.4 Å². The van der Waals surface area contributed by atoms with Gasteiger partial charge in [0.05, 0.1) is 6.61 Å². The molecule has 3 amide bonds. The summed E-state index contributed by atoms with van der Waals surface area (Å²) in [4.78, 5) is 26.7. The Kier molecular flexibility index (Phi) is 5.25. The molecule has 0 saturated carbocycles. The van der Waals surface area contributed by atoms with E-state index in [2.05, 4.69) is 15.6 Å². The van der Waals surface area contributed by atoms with Gasteiger partial charge >= 0.3 is 6.03 Å². The van der Waals surface area contributed by atoms with Gasteiger partial charge in [-0.2, -0.15) is 0 Å². The Hall–Kier alpha value is -2.15. The molecule has 0 bridgehead atoms. The quantitative estimate of drug-likeness (QED) is 0.718. The number of pyridine rings is 1. The van der Waals surface area contributed by atoms with Crippen molar-refractivity contribution in [1.82, 2.24) is 15.6 Å². The predicted octanol–water partition coefficient (Wildman–Crippen LogP) is 0.105. The smallest absolute Gasteiger partial charge is 0.321 e. The van der Waals surface area contributed by atoms with Crippen LogP contribution in [0, 0.1) is 6.92 Å². The van der Waals surface area contributed by atoms with E-state index >= 15 is 0 Å². The Morgan fingerprint density at radius 2 is 2.16 bits per heavy atom. The van der Waals surface area contributed by atoms with Crippen molar-refractivity contribution in [2.75, 3.05) is 7.05 Å². The lowest BCUT2D eigenvalue weighted by Gasteiger charge is -2.15. The van der Waals surface area contributed by atoms with Crippen LogP contribution in [0.4, 0.5) is 4.79 Å². The number of imide groups is 1. The number of aromatic nitrogens is 1. The summed E-state index contributed by atoms with van der Waals surface area (Å²) in [5.41, 5.74) is 1.08. The van der Waals surface area contributed by atoms with Gasteiger partial charge in [0, 0.05) is 12.7 Å². The number of nitrogens with one attached hydrogen (secondary N) is 2. The van der Waals surface area contributed by atoms with Crippen LogP contribution in [0.2, 0.25) is 0 Å². The van der Waals surface area contributed by atoms with E-state index in [1.54, 1.807) is 19.1 Å². The van der Waals surface area contributed by atoms with Gasteiger partial charge in [-0.3, -0.25) is 15.1 Å². The molecule has 1 atom stereocenters. The van der Waals surface area contributed by atoms with Gasteiger partial charge < -0.3 is 15.2 Å². The van der Waals surface area contributed by atoms with Crippen LogP contribution in [0.5, 0.6) is 5.75 Å². The molecule has 0 fully saturated rings. The molecule has 1 unspecified atom stereocenters. The van der Waals surface area contributed by atoms with E-state index in [-0.39, 0.29) is 6.61 Å². The van der Waals surface area contributed by atoms with Gasteiger partial charge in [-0.1, -0.05) is 0 Å². The number of amides is 3. The first-order chi connectivity index (χ1) is 8.97. The normalized spacial score (nSPS) is 11.6. The molecule has 104 valence electrons. The number of nitrogens with zero attached hydrogens (tertiary/aromatic N) is 1. The highest BCUT2D eigenvalue weighted by Gasteiger charge is 2.18. The summed E-state index contributed by atoms with van der Waals surface area (Å²) >= 11 is 0. The molecule has 0 aliphatic carbocycles. The first-order valence-corrected chi connectivity index (χ1v) is 5.74. The topological polar surface area (TPSA) is 101 Å². The van der Waals surface area contributed by atoms with E-state index in [9.17, 15) is 14.7 Å². The van der Waals surface area contributed by atoms with Crippen LogP contribution >= 0.6 is 0 Å². The zero-order valence-corrected chi connectivity index (χ0v) is 11.1. The second kappa shape index (κ2) is 6.69. The molecule has 0 spiro atoms. The lowest BCUT2D eigenvalue weighted by atomic mass is 10.3. The molecule has 19 heavy (non-hydrogen) atoms. The number of aryl methyl sites for hydroxylation is 1. The average molecular weight is 267 g/mol. The van der Waals surface area contributed by atoms with Gasteiger partial charge in [-0.05, 0) is 26.0 Å². The molecule has 0 aliphatic heterocycles. The molecule has 0 aromatic carbocycles. The highest BCUT2D eigenvalue weighted by Crippen LogP contribution is 2.18.